The second kappa shape index (κ2) is 7.88. The number of pyridine rings is 1. The lowest BCUT2D eigenvalue weighted by Gasteiger charge is -2.25. The Bertz CT molecular complexity index is 1040. The van der Waals surface area contributed by atoms with Gasteiger partial charge in [-0.15, -0.1) is 0 Å². The molecular formula is C21H22FN3OS. The van der Waals surface area contributed by atoms with Gasteiger partial charge >= 0.3 is 0 Å². The summed E-state index contributed by atoms with van der Waals surface area (Å²) in [4.78, 5) is 17.5. The maximum absolute atomic E-state index is 13.2. The van der Waals surface area contributed by atoms with Gasteiger partial charge in [-0.2, -0.15) is 0 Å². The molecule has 1 aromatic heterocycles. The lowest BCUT2D eigenvalue weighted by atomic mass is 10.0. The van der Waals surface area contributed by atoms with E-state index in [1.807, 2.05) is 36.9 Å². The number of aromatic amines is 1. The van der Waals surface area contributed by atoms with Crippen LogP contribution in [0.2, 0.25) is 0 Å². The Morgan fingerprint density at radius 2 is 1.85 bits per heavy atom. The Labute approximate surface area is 163 Å². The third-order valence-corrected chi connectivity index (χ3v) is 5.24. The number of aromatic nitrogens is 1. The molecular weight excluding hydrogens is 361 g/mol. The molecule has 0 saturated heterocycles. The molecule has 2 N–H and O–H groups in total. The predicted molar refractivity (Wildman–Crippen MR) is 111 cm³/mol. The van der Waals surface area contributed by atoms with Gasteiger partial charge in [0.05, 0.1) is 12.1 Å². The van der Waals surface area contributed by atoms with Gasteiger partial charge in [-0.1, -0.05) is 24.3 Å². The Morgan fingerprint density at radius 3 is 2.52 bits per heavy atom. The number of benzene rings is 2. The topological polar surface area (TPSA) is 48.1 Å². The van der Waals surface area contributed by atoms with Crippen LogP contribution in [0.5, 0.6) is 0 Å². The quantitative estimate of drug-likeness (QED) is 0.673. The van der Waals surface area contributed by atoms with E-state index in [1.165, 1.54) is 12.1 Å². The number of fused-ring (bicyclic) bond motifs is 1. The molecule has 6 heteroatoms. The number of nitrogens with one attached hydrogen (secondary N) is 2. The molecule has 0 amide bonds. The number of thiocarbonyl (C=S) groups is 1. The number of rotatable bonds is 4. The summed E-state index contributed by atoms with van der Waals surface area (Å²) in [6, 6.07) is 12.3. The molecule has 27 heavy (non-hydrogen) atoms. The fourth-order valence-electron chi connectivity index (χ4n) is 3.06. The van der Waals surface area contributed by atoms with Gasteiger partial charge in [-0.05, 0) is 66.3 Å². The molecule has 3 rings (SSSR count). The van der Waals surface area contributed by atoms with Crippen LogP contribution in [0.15, 0.2) is 47.3 Å². The van der Waals surface area contributed by atoms with E-state index in [-0.39, 0.29) is 11.4 Å². The number of hydrogen-bond acceptors (Lipinski definition) is 2. The van der Waals surface area contributed by atoms with Crippen LogP contribution in [0, 0.1) is 19.7 Å². The van der Waals surface area contributed by atoms with E-state index in [0.29, 0.717) is 23.8 Å². The molecule has 1 heterocycles. The average molecular weight is 383 g/mol. The first-order chi connectivity index (χ1) is 12.9. The normalized spacial score (nSPS) is 10.8. The lowest BCUT2D eigenvalue weighted by Crippen LogP contribution is -2.38. The highest BCUT2D eigenvalue weighted by Gasteiger charge is 2.14. The molecule has 0 aliphatic heterocycles. The fraction of sp³-hybridized carbons (Fsp3) is 0.238. The molecule has 0 aliphatic rings. The maximum Gasteiger partial charge on any atom is 0.253 e. The third kappa shape index (κ3) is 4.17. The molecule has 3 aromatic rings. The van der Waals surface area contributed by atoms with Crippen LogP contribution in [-0.4, -0.2) is 22.0 Å². The van der Waals surface area contributed by atoms with Crippen molar-refractivity contribution in [1.82, 2.24) is 15.2 Å². The molecule has 0 unspecified atom stereocenters. The summed E-state index contributed by atoms with van der Waals surface area (Å²) in [5, 5.41) is 4.48. The fourth-order valence-corrected chi connectivity index (χ4v) is 3.19. The zero-order chi connectivity index (χ0) is 19.6. The molecule has 0 spiro atoms. The van der Waals surface area contributed by atoms with E-state index >= 15 is 0 Å². The first-order valence-corrected chi connectivity index (χ1v) is 9.13. The number of H-pyrrole nitrogens is 1. The van der Waals surface area contributed by atoms with Crippen molar-refractivity contribution in [1.29, 1.82) is 0 Å². The monoisotopic (exact) mass is 383 g/mol. The summed E-state index contributed by atoms with van der Waals surface area (Å²) in [5.41, 5.74) is 4.50. The van der Waals surface area contributed by atoms with Crippen molar-refractivity contribution in [2.75, 3.05) is 7.05 Å². The Kier molecular flexibility index (Phi) is 5.56. The second-order valence-electron chi connectivity index (χ2n) is 6.63. The highest BCUT2D eigenvalue weighted by Crippen LogP contribution is 2.20. The van der Waals surface area contributed by atoms with Gasteiger partial charge in [0.15, 0.2) is 5.11 Å². The number of nitrogens with zero attached hydrogens (tertiary/aromatic N) is 1. The Hall–Kier alpha value is -2.73. The standard InChI is InChI=1S/C21H22FN3OS/c1-13-4-7-16-10-17(20(26)24-19(16)14(13)2)12-25(21(27)23-3)11-15-5-8-18(22)9-6-15/h4-10H,11-12H2,1-3H3,(H,23,27)(H,24,26). The van der Waals surface area contributed by atoms with Crippen molar-refractivity contribution < 1.29 is 4.39 Å². The first-order valence-electron chi connectivity index (χ1n) is 8.72. The van der Waals surface area contributed by atoms with E-state index in [4.69, 9.17) is 12.2 Å². The molecule has 140 valence electrons. The van der Waals surface area contributed by atoms with E-state index < -0.39 is 0 Å². The number of hydrogen-bond donors (Lipinski definition) is 2. The Balaban J connectivity index is 1.94. The van der Waals surface area contributed by atoms with Crippen LogP contribution >= 0.6 is 12.2 Å². The minimum Gasteiger partial charge on any atom is -0.366 e. The minimum absolute atomic E-state index is 0.126. The highest BCUT2D eigenvalue weighted by atomic mass is 32.1. The van der Waals surface area contributed by atoms with Crippen molar-refractivity contribution in [3.8, 4) is 0 Å². The van der Waals surface area contributed by atoms with Crippen LogP contribution < -0.4 is 10.9 Å². The van der Waals surface area contributed by atoms with E-state index in [2.05, 4.69) is 10.3 Å². The molecule has 0 saturated carbocycles. The van der Waals surface area contributed by atoms with Gasteiger partial charge in [-0.3, -0.25) is 4.79 Å². The summed E-state index contributed by atoms with van der Waals surface area (Å²) in [6.07, 6.45) is 0. The van der Waals surface area contributed by atoms with Gasteiger partial charge in [0, 0.05) is 19.2 Å². The van der Waals surface area contributed by atoms with Crippen LogP contribution in [0.3, 0.4) is 0 Å². The highest BCUT2D eigenvalue weighted by molar-refractivity contribution is 7.80. The summed E-state index contributed by atoms with van der Waals surface area (Å²) in [5.74, 6) is -0.280. The molecule has 0 bridgehead atoms. The van der Waals surface area contributed by atoms with Crippen molar-refractivity contribution in [2.45, 2.75) is 26.9 Å². The van der Waals surface area contributed by atoms with Gasteiger partial charge in [0.25, 0.3) is 5.56 Å². The lowest BCUT2D eigenvalue weighted by molar-refractivity contribution is 0.400. The van der Waals surface area contributed by atoms with Gasteiger partial charge in [0.2, 0.25) is 0 Å². The van der Waals surface area contributed by atoms with E-state index in [0.717, 1.165) is 27.6 Å². The largest absolute Gasteiger partial charge is 0.366 e. The number of aryl methyl sites for hydroxylation is 2. The zero-order valence-electron chi connectivity index (χ0n) is 15.6. The SMILES string of the molecule is CNC(=S)N(Cc1ccc(F)cc1)Cc1cc2ccc(C)c(C)c2[nH]c1=O. The van der Waals surface area contributed by atoms with Crippen molar-refractivity contribution in [2.24, 2.45) is 0 Å². The summed E-state index contributed by atoms with van der Waals surface area (Å²) >= 11 is 5.41. The molecule has 0 fully saturated rings. The number of halogens is 1. The smallest absolute Gasteiger partial charge is 0.253 e. The van der Waals surface area contributed by atoms with Gasteiger partial charge in [0.1, 0.15) is 5.82 Å². The molecule has 0 aliphatic carbocycles. The van der Waals surface area contributed by atoms with Gasteiger partial charge in [-0.25, -0.2) is 4.39 Å². The average Bonchev–Trinajstić information content (AvgIpc) is 2.66. The predicted octanol–water partition coefficient (Wildman–Crippen LogP) is 3.79. The van der Waals surface area contributed by atoms with Crippen LogP contribution in [0.1, 0.15) is 22.3 Å². The molecule has 4 nitrogen and oxygen atoms in total. The summed E-state index contributed by atoms with van der Waals surface area (Å²) in [7, 11) is 1.75. The molecule has 2 aromatic carbocycles. The van der Waals surface area contributed by atoms with Gasteiger partial charge < -0.3 is 15.2 Å². The second-order valence-corrected chi connectivity index (χ2v) is 7.02. The minimum atomic E-state index is -0.280. The zero-order valence-corrected chi connectivity index (χ0v) is 16.4. The summed E-state index contributed by atoms with van der Waals surface area (Å²) < 4.78 is 13.2. The van der Waals surface area contributed by atoms with Crippen LogP contribution in [0.25, 0.3) is 10.9 Å². The van der Waals surface area contributed by atoms with Crippen molar-refractivity contribution in [3.05, 3.63) is 80.9 Å². The maximum atomic E-state index is 13.2. The first kappa shape index (κ1) is 19.0. The van der Waals surface area contributed by atoms with Crippen LogP contribution in [0.4, 0.5) is 4.39 Å². The van der Waals surface area contributed by atoms with Crippen LogP contribution in [-0.2, 0) is 13.1 Å². The third-order valence-electron chi connectivity index (χ3n) is 4.78. The van der Waals surface area contributed by atoms with E-state index in [1.54, 1.807) is 19.2 Å². The molecule has 0 radical (unpaired) electrons. The van der Waals surface area contributed by atoms with Crippen molar-refractivity contribution >= 4 is 28.2 Å². The Morgan fingerprint density at radius 1 is 1.15 bits per heavy atom. The summed E-state index contributed by atoms with van der Waals surface area (Å²) in [6.45, 7) is 4.86. The molecule has 0 atom stereocenters. The van der Waals surface area contributed by atoms with Crippen molar-refractivity contribution in [3.63, 3.8) is 0 Å². The van der Waals surface area contributed by atoms with E-state index in [9.17, 15) is 9.18 Å².